The number of hydrogen-bond acceptors (Lipinski definition) is 7. The van der Waals surface area contributed by atoms with Crippen LogP contribution in [0.5, 0.6) is 0 Å². The Morgan fingerprint density at radius 3 is 1.29 bits per heavy atom. The highest BCUT2D eigenvalue weighted by Crippen LogP contribution is 2.62. The maximum absolute atomic E-state index is 5.17. The summed E-state index contributed by atoms with van der Waals surface area (Å²) in [7, 11) is 0. The van der Waals surface area contributed by atoms with E-state index in [2.05, 4.69) is 143 Å². The molecule has 0 amide bonds. The first kappa shape index (κ1) is 36.0. The van der Waals surface area contributed by atoms with Crippen molar-refractivity contribution in [1.29, 1.82) is 0 Å². The molecule has 0 N–H and O–H groups in total. The summed E-state index contributed by atoms with van der Waals surface area (Å²) in [4.78, 5) is 31.8. The minimum atomic E-state index is -0.641. The fourth-order valence-electron chi connectivity index (χ4n) is 9.18. The molecule has 0 atom stereocenters. The van der Waals surface area contributed by atoms with E-state index in [1.807, 2.05) is 72.7 Å². The molecule has 62 heavy (non-hydrogen) atoms. The molecule has 1 aliphatic carbocycles. The number of rotatable bonds is 6. The Morgan fingerprint density at radius 2 is 0.774 bits per heavy atom. The summed E-state index contributed by atoms with van der Waals surface area (Å²) in [6.45, 7) is 0. The van der Waals surface area contributed by atoms with Gasteiger partial charge in [-0.1, -0.05) is 133 Å². The van der Waals surface area contributed by atoms with Crippen LogP contribution in [-0.4, -0.2) is 29.9 Å². The number of aromatic nitrogens is 6. The van der Waals surface area contributed by atoms with Crippen molar-refractivity contribution in [3.8, 4) is 78.9 Å². The van der Waals surface area contributed by atoms with Crippen LogP contribution in [0.1, 0.15) is 22.3 Å². The van der Waals surface area contributed by atoms with E-state index in [9.17, 15) is 0 Å². The molecule has 0 saturated heterocycles. The largest absolute Gasteiger partial charge is 0.264 e. The Hall–Kier alpha value is -7.87. The van der Waals surface area contributed by atoms with E-state index < -0.39 is 5.41 Å². The third-order valence-corrected chi connectivity index (χ3v) is 13.1. The molecule has 6 aromatic carbocycles. The molecule has 6 nitrogen and oxygen atoms in total. The van der Waals surface area contributed by atoms with Gasteiger partial charge in [0, 0.05) is 62.4 Å². The van der Waals surface area contributed by atoms with Crippen molar-refractivity contribution < 1.29 is 0 Å². The lowest BCUT2D eigenvalue weighted by molar-refractivity contribution is 0.723. The van der Waals surface area contributed by atoms with Gasteiger partial charge in [-0.15, -0.1) is 0 Å². The van der Waals surface area contributed by atoms with E-state index >= 15 is 0 Å². The van der Waals surface area contributed by atoms with Gasteiger partial charge in [0.2, 0.25) is 0 Å². The van der Waals surface area contributed by atoms with Crippen LogP contribution < -0.4 is 0 Å². The van der Waals surface area contributed by atoms with Crippen LogP contribution in [0, 0.1) is 0 Å². The van der Waals surface area contributed by atoms with E-state index in [-0.39, 0.29) is 0 Å². The quantitative estimate of drug-likeness (QED) is 0.165. The van der Waals surface area contributed by atoms with E-state index in [0.29, 0.717) is 17.5 Å². The average Bonchev–Trinajstić information content (AvgIpc) is 3.65. The smallest absolute Gasteiger partial charge is 0.164 e. The summed E-state index contributed by atoms with van der Waals surface area (Å²) in [5.74, 6) is 1.90. The molecule has 12 rings (SSSR count). The lowest BCUT2D eigenvalue weighted by atomic mass is 9.66. The minimum Gasteiger partial charge on any atom is -0.264 e. The van der Waals surface area contributed by atoms with Gasteiger partial charge in [0.1, 0.15) is 0 Å². The first-order valence-corrected chi connectivity index (χ1v) is 21.4. The maximum Gasteiger partial charge on any atom is 0.164 e. The number of pyridine rings is 3. The van der Waals surface area contributed by atoms with Gasteiger partial charge < -0.3 is 0 Å². The molecule has 4 aromatic heterocycles. The Bertz CT molecular complexity index is 2980. The molecule has 2 aliphatic rings. The van der Waals surface area contributed by atoms with Crippen LogP contribution in [0.25, 0.3) is 78.9 Å². The van der Waals surface area contributed by atoms with E-state index in [0.717, 1.165) is 50.3 Å². The van der Waals surface area contributed by atoms with Crippen LogP contribution in [-0.2, 0) is 5.41 Å². The van der Waals surface area contributed by atoms with Gasteiger partial charge in [-0.25, -0.2) is 19.9 Å². The van der Waals surface area contributed by atoms with Crippen LogP contribution >= 0.6 is 11.8 Å². The fourth-order valence-corrected chi connectivity index (χ4v) is 10.3. The summed E-state index contributed by atoms with van der Waals surface area (Å²) in [6, 6.07) is 64.3. The topological polar surface area (TPSA) is 77.3 Å². The second kappa shape index (κ2) is 14.7. The molecule has 1 spiro atoms. The Morgan fingerprint density at radius 1 is 0.323 bits per heavy atom. The van der Waals surface area contributed by atoms with Crippen molar-refractivity contribution in [2.24, 2.45) is 0 Å². The molecule has 10 aromatic rings. The van der Waals surface area contributed by atoms with Gasteiger partial charge in [-0.2, -0.15) is 0 Å². The zero-order valence-electron chi connectivity index (χ0n) is 33.2. The van der Waals surface area contributed by atoms with E-state index in [4.69, 9.17) is 19.9 Å². The van der Waals surface area contributed by atoms with Crippen molar-refractivity contribution in [2.45, 2.75) is 15.2 Å². The highest BCUT2D eigenvalue weighted by Gasteiger charge is 2.50. The summed E-state index contributed by atoms with van der Waals surface area (Å²) in [5.41, 5.74) is 15.4. The summed E-state index contributed by atoms with van der Waals surface area (Å²) < 4.78 is 0. The third-order valence-electron chi connectivity index (χ3n) is 12.0. The van der Waals surface area contributed by atoms with Crippen molar-refractivity contribution in [1.82, 2.24) is 29.9 Å². The predicted molar refractivity (Wildman–Crippen MR) is 247 cm³/mol. The van der Waals surface area contributed by atoms with Gasteiger partial charge in [-0.05, 0) is 105 Å². The molecule has 0 unspecified atom stereocenters. The number of hydrogen-bond donors (Lipinski definition) is 0. The van der Waals surface area contributed by atoms with Gasteiger partial charge in [0.25, 0.3) is 0 Å². The standard InChI is InChI=1S/C55H34N6S/c1-3-13-35(14-4-1)52-59-53(36-15-5-2-6-16-36)61-54(60-52)38-24-26-51-47(30-38)55(44-21-9-7-19-42(44)43-20-8-10-22-45(43)55)46-29-37(23-25-50(46)62-51)41-31-48(39-17-11-27-56-33-39)58-49(32-41)40-18-12-28-57-34-40/h1-34H. The molecular formula is C55H34N6S. The molecule has 0 saturated carbocycles. The molecular weight excluding hydrogens is 777 g/mol. The fraction of sp³-hybridized carbons (Fsp3) is 0.0182. The Balaban J connectivity index is 1.10. The van der Waals surface area contributed by atoms with Crippen LogP contribution in [0.4, 0.5) is 0 Å². The highest BCUT2D eigenvalue weighted by molar-refractivity contribution is 7.99. The first-order valence-electron chi connectivity index (χ1n) is 20.6. The van der Waals surface area contributed by atoms with Crippen LogP contribution in [0.3, 0.4) is 0 Å². The normalized spacial score (nSPS) is 12.9. The highest BCUT2D eigenvalue weighted by atomic mass is 32.2. The van der Waals surface area contributed by atoms with Crippen molar-refractivity contribution >= 4 is 11.8 Å². The van der Waals surface area contributed by atoms with Crippen molar-refractivity contribution in [3.05, 3.63) is 229 Å². The molecule has 5 heterocycles. The van der Waals surface area contributed by atoms with Gasteiger partial charge in [-0.3, -0.25) is 9.97 Å². The average molecular weight is 811 g/mol. The molecule has 290 valence electrons. The third kappa shape index (κ3) is 5.89. The minimum absolute atomic E-state index is 0.627. The first-order chi connectivity index (χ1) is 30.7. The lowest BCUT2D eigenvalue weighted by Gasteiger charge is -2.40. The zero-order valence-corrected chi connectivity index (χ0v) is 34.0. The predicted octanol–water partition coefficient (Wildman–Crippen LogP) is 12.9. The maximum atomic E-state index is 5.17. The monoisotopic (exact) mass is 810 g/mol. The van der Waals surface area contributed by atoms with Gasteiger partial charge >= 0.3 is 0 Å². The zero-order chi connectivity index (χ0) is 41.0. The molecule has 1 aliphatic heterocycles. The second-order valence-corrected chi connectivity index (χ2v) is 16.6. The van der Waals surface area contributed by atoms with Crippen LogP contribution in [0.15, 0.2) is 217 Å². The Labute approximate surface area is 363 Å². The SMILES string of the molecule is c1ccc(-c2nc(-c3ccccc3)nc(-c3ccc4c(c3)C3(c5cc(-c6cc(-c7cccnc7)nc(-c7cccnc7)c6)ccc5S4)c4ccccc4-c4ccccc43)n2)cc1. The van der Waals surface area contributed by atoms with Gasteiger partial charge in [0.05, 0.1) is 16.8 Å². The van der Waals surface area contributed by atoms with Gasteiger partial charge in [0.15, 0.2) is 17.5 Å². The van der Waals surface area contributed by atoms with E-state index in [1.54, 1.807) is 12.4 Å². The van der Waals surface area contributed by atoms with Crippen LogP contribution in [0.2, 0.25) is 0 Å². The molecule has 0 radical (unpaired) electrons. The molecule has 7 heteroatoms. The van der Waals surface area contributed by atoms with E-state index in [1.165, 1.54) is 43.2 Å². The summed E-state index contributed by atoms with van der Waals surface area (Å²) >= 11 is 1.82. The lowest BCUT2D eigenvalue weighted by Crippen LogP contribution is -2.32. The summed E-state index contributed by atoms with van der Waals surface area (Å²) in [6.07, 6.45) is 7.33. The summed E-state index contributed by atoms with van der Waals surface area (Å²) in [5, 5.41) is 0. The molecule has 0 fully saturated rings. The number of nitrogens with zero attached hydrogens (tertiary/aromatic N) is 6. The Kier molecular flexibility index (Phi) is 8.54. The second-order valence-electron chi connectivity index (χ2n) is 15.5. The molecule has 0 bridgehead atoms. The number of fused-ring (bicyclic) bond motifs is 9. The van der Waals surface area contributed by atoms with Crippen molar-refractivity contribution in [2.75, 3.05) is 0 Å². The van der Waals surface area contributed by atoms with Crippen molar-refractivity contribution in [3.63, 3.8) is 0 Å². The number of benzene rings is 6.